The molecule has 2 rings (SSSR count). The third kappa shape index (κ3) is 3.92. The van der Waals surface area contributed by atoms with Crippen LogP contribution in [0.5, 0.6) is 0 Å². The first-order chi connectivity index (χ1) is 10.0. The lowest BCUT2D eigenvalue weighted by molar-refractivity contribution is 0.377. The van der Waals surface area contributed by atoms with Gasteiger partial charge in [-0.2, -0.15) is 0 Å². The van der Waals surface area contributed by atoms with Gasteiger partial charge in [-0.1, -0.05) is 29.1 Å². The zero-order chi connectivity index (χ0) is 15.3. The van der Waals surface area contributed by atoms with Crippen LogP contribution in [0, 0.1) is 18.8 Å². The molecule has 0 unspecified atom stereocenters. The predicted octanol–water partition coefficient (Wildman–Crippen LogP) is 0.772. The van der Waals surface area contributed by atoms with Crippen molar-refractivity contribution < 1.29 is 12.9 Å². The van der Waals surface area contributed by atoms with E-state index in [-0.39, 0.29) is 18.0 Å². The van der Waals surface area contributed by atoms with E-state index in [1.54, 1.807) is 31.2 Å². The Balaban J connectivity index is 2.23. The van der Waals surface area contributed by atoms with E-state index in [9.17, 15) is 8.42 Å². The summed E-state index contributed by atoms with van der Waals surface area (Å²) in [7, 11) is -3.69. The Morgan fingerprint density at radius 3 is 2.81 bits per heavy atom. The van der Waals surface area contributed by atoms with Crippen molar-refractivity contribution >= 4 is 10.0 Å². The van der Waals surface area contributed by atoms with Crippen LogP contribution in [0.1, 0.15) is 17.0 Å². The topological polar surface area (TPSA) is 98.2 Å². The first-order valence-corrected chi connectivity index (χ1v) is 7.71. The molecule has 0 amide bonds. The molecule has 1 aromatic carbocycles. The van der Waals surface area contributed by atoms with Crippen molar-refractivity contribution in [3.05, 3.63) is 47.3 Å². The maximum absolute atomic E-state index is 12.3. The molecule has 2 aromatic rings. The van der Waals surface area contributed by atoms with Crippen LogP contribution in [0.2, 0.25) is 0 Å². The highest BCUT2D eigenvalue weighted by Crippen LogP contribution is 2.15. The summed E-state index contributed by atoms with van der Waals surface area (Å²) in [5, 5.41) is 3.70. The maximum atomic E-state index is 12.3. The van der Waals surface area contributed by atoms with Crippen LogP contribution in [0.3, 0.4) is 0 Å². The Hall–Kier alpha value is -2.14. The lowest BCUT2D eigenvalue weighted by atomic mass is 10.2. The Bertz CT molecular complexity index is 785. The number of rotatable bonds is 4. The summed E-state index contributed by atoms with van der Waals surface area (Å²) in [5.41, 5.74) is 6.41. The average molecular weight is 305 g/mol. The minimum absolute atomic E-state index is 0.0296. The van der Waals surface area contributed by atoms with Gasteiger partial charge in [0.1, 0.15) is 0 Å². The van der Waals surface area contributed by atoms with E-state index in [4.69, 9.17) is 10.3 Å². The van der Waals surface area contributed by atoms with Gasteiger partial charge in [-0.3, -0.25) is 0 Å². The summed E-state index contributed by atoms with van der Waals surface area (Å²) in [6.07, 6.45) is 0. The zero-order valence-corrected chi connectivity index (χ0v) is 12.3. The highest BCUT2D eigenvalue weighted by atomic mass is 32.2. The minimum Gasteiger partial charge on any atom is -0.360 e. The number of aromatic nitrogens is 1. The molecule has 110 valence electrons. The van der Waals surface area contributed by atoms with Crippen molar-refractivity contribution in [1.29, 1.82) is 0 Å². The number of sulfonamides is 1. The SMILES string of the molecule is Cc1cc(CNS(=O)(=O)c2ccccc2C#CCN)on1. The van der Waals surface area contributed by atoms with E-state index in [0.717, 1.165) is 0 Å². The maximum Gasteiger partial charge on any atom is 0.242 e. The number of nitrogens with zero attached hydrogens (tertiary/aromatic N) is 1. The second-order valence-corrected chi connectivity index (χ2v) is 6.00. The molecular weight excluding hydrogens is 290 g/mol. The van der Waals surface area contributed by atoms with Crippen LogP contribution in [0.25, 0.3) is 0 Å². The Morgan fingerprint density at radius 1 is 1.38 bits per heavy atom. The predicted molar refractivity (Wildman–Crippen MR) is 77.6 cm³/mol. The molecule has 0 saturated carbocycles. The van der Waals surface area contributed by atoms with Gasteiger partial charge in [0.15, 0.2) is 5.76 Å². The molecule has 0 spiro atoms. The molecule has 0 fully saturated rings. The minimum atomic E-state index is -3.69. The molecule has 3 N–H and O–H groups in total. The van der Waals surface area contributed by atoms with Crippen molar-refractivity contribution in [1.82, 2.24) is 9.88 Å². The Kier molecular flexibility index (Phi) is 4.75. The van der Waals surface area contributed by atoms with Crippen molar-refractivity contribution in [2.24, 2.45) is 5.73 Å². The van der Waals surface area contributed by atoms with Gasteiger partial charge in [0.05, 0.1) is 23.7 Å². The second kappa shape index (κ2) is 6.54. The average Bonchev–Trinajstić information content (AvgIpc) is 2.89. The summed E-state index contributed by atoms with van der Waals surface area (Å²) < 4.78 is 32.1. The van der Waals surface area contributed by atoms with Gasteiger partial charge in [-0.05, 0) is 19.1 Å². The van der Waals surface area contributed by atoms with Crippen molar-refractivity contribution in [3.63, 3.8) is 0 Å². The summed E-state index contributed by atoms with van der Waals surface area (Å²) in [4.78, 5) is 0.113. The lowest BCUT2D eigenvalue weighted by Gasteiger charge is -2.07. The highest BCUT2D eigenvalue weighted by Gasteiger charge is 2.17. The number of benzene rings is 1. The van der Waals surface area contributed by atoms with Crippen LogP contribution in [0.15, 0.2) is 39.8 Å². The molecule has 0 aliphatic rings. The van der Waals surface area contributed by atoms with Gasteiger partial charge >= 0.3 is 0 Å². The van der Waals surface area contributed by atoms with Crippen LogP contribution in [-0.2, 0) is 16.6 Å². The van der Waals surface area contributed by atoms with E-state index in [2.05, 4.69) is 21.7 Å². The largest absolute Gasteiger partial charge is 0.360 e. The van der Waals surface area contributed by atoms with Gasteiger partial charge in [0, 0.05) is 11.6 Å². The van der Waals surface area contributed by atoms with Crippen molar-refractivity contribution in [2.45, 2.75) is 18.4 Å². The molecule has 0 aliphatic carbocycles. The van der Waals surface area contributed by atoms with Gasteiger partial charge in [0.2, 0.25) is 10.0 Å². The molecule has 0 saturated heterocycles. The fourth-order valence-electron chi connectivity index (χ4n) is 1.69. The molecule has 7 heteroatoms. The fourth-order valence-corrected chi connectivity index (χ4v) is 2.85. The summed E-state index contributed by atoms with van der Waals surface area (Å²) in [6.45, 7) is 1.96. The summed E-state index contributed by atoms with van der Waals surface area (Å²) in [6, 6.07) is 8.16. The molecule has 0 aliphatic heterocycles. The lowest BCUT2D eigenvalue weighted by Crippen LogP contribution is -2.23. The molecule has 6 nitrogen and oxygen atoms in total. The van der Waals surface area contributed by atoms with E-state index >= 15 is 0 Å². The molecule has 1 heterocycles. The van der Waals surface area contributed by atoms with Gasteiger partial charge in [-0.15, -0.1) is 0 Å². The number of nitrogens with two attached hydrogens (primary N) is 1. The first-order valence-electron chi connectivity index (χ1n) is 6.23. The number of hydrogen-bond acceptors (Lipinski definition) is 5. The Morgan fingerprint density at radius 2 is 2.14 bits per heavy atom. The summed E-state index contributed by atoms with van der Waals surface area (Å²) in [5.74, 6) is 5.85. The van der Waals surface area contributed by atoms with E-state index in [0.29, 0.717) is 17.0 Å². The molecule has 0 atom stereocenters. The van der Waals surface area contributed by atoms with Gasteiger partial charge < -0.3 is 10.3 Å². The molecule has 21 heavy (non-hydrogen) atoms. The van der Waals surface area contributed by atoms with Crippen LogP contribution >= 0.6 is 0 Å². The van der Waals surface area contributed by atoms with Crippen LogP contribution in [-0.4, -0.2) is 20.1 Å². The smallest absolute Gasteiger partial charge is 0.242 e. The number of hydrogen-bond donors (Lipinski definition) is 2. The van der Waals surface area contributed by atoms with Crippen LogP contribution in [0.4, 0.5) is 0 Å². The van der Waals surface area contributed by atoms with Crippen LogP contribution < -0.4 is 10.5 Å². The van der Waals surface area contributed by atoms with Crippen molar-refractivity contribution in [2.75, 3.05) is 6.54 Å². The van der Waals surface area contributed by atoms with E-state index in [1.807, 2.05) is 0 Å². The van der Waals surface area contributed by atoms with E-state index in [1.165, 1.54) is 6.07 Å². The fraction of sp³-hybridized carbons (Fsp3) is 0.214. The van der Waals surface area contributed by atoms with Gasteiger partial charge in [0.25, 0.3) is 0 Å². The summed E-state index contributed by atoms with van der Waals surface area (Å²) >= 11 is 0. The quantitative estimate of drug-likeness (QED) is 0.813. The van der Waals surface area contributed by atoms with Gasteiger partial charge in [-0.25, -0.2) is 13.1 Å². The zero-order valence-electron chi connectivity index (χ0n) is 11.5. The normalized spacial score (nSPS) is 11.0. The third-order valence-electron chi connectivity index (χ3n) is 2.61. The van der Waals surface area contributed by atoms with Crippen molar-refractivity contribution in [3.8, 4) is 11.8 Å². The monoisotopic (exact) mass is 305 g/mol. The molecule has 0 radical (unpaired) electrons. The standard InChI is InChI=1S/C14H15N3O3S/c1-11-9-13(20-17-11)10-16-21(18,19)14-7-3-2-5-12(14)6-4-8-15/h2-3,5,7,9,16H,8,10,15H2,1H3. The Labute approximate surface area is 123 Å². The molecular formula is C14H15N3O3S. The number of aryl methyl sites for hydroxylation is 1. The first kappa shape index (κ1) is 15.3. The second-order valence-electron chi connectivity index (χ2n) is 4.26. The van der Waals surface area contributed by atoms with E-state index < -0.39 is 10.0 Å². The number of nitrogens with one attached hydrogen (secondary N) is 1. The molecule has 0 bridgehead atoms. The molecule has 1 aromatic heterocycles. The third-order valence-corrected chi connectivity index (χ3v) is 4.07. The highest BCUT2D eigenvalue weighted by molar-refractivity contribution is 7.89.